The van der Waals surface area contributed by atoms with Crippen LogP contribution in [0.1, 0.15) is 30.1 Å². The average molecular weight is 293 g/mol. The van der Waals surface area contributed by atoms with Crippen LogP contribution in [0.4, 0.5) is 0 Å². The SMILES string of the molecule is CNC(=O)[C@H]1CCCN1C(=O)C(C)NC(=O)c1ccoc1. The number of hydrogen-bond donors (Lipinski definition) is 2. The Labute approximate surface area is 122 Å². The van der Waals surface area contributed by atoms with Crippen molar-refractivity contribution >= 4 is 17.7 Å². The van der Waals surface area contributed by atoms with E-state index in [1.54, 1.807) is 14.0 Å². The summed E-state index contributed by atoms with van der Waals surface area (Å²) < 4.78 is 4.83. The average Bonchev–Trinajstić information content (AvgIpc) is 3.16. The molecule has 7 heteroatoms. The third-order valence-corrected chi connectivity index (χ3v) is 3.59. The molecular formula is C14H19N3O4. The topological polar surface area (TPSA) is 91.7 Å². The number of carbonyl (C=O) groups is 3. The summed E-state index contributed by atoms with van der Waals surface area (Å²) in [7, 11) is 1.55. The Balaban J connectivity index is 1.98. The maximum absolute atomic E-state index is 12.4. The van der Waals surface area contributed by atoms with E-state index in [1.165, 1.54) is 23.5 Å². The number of likely N-dealkylation sites (N-methyl/N-ethyl adjacent to an activating group) is 1. The monoisotopic (exact) mass is 293 g/mol. The molecule has 0 saturated carbocycles. The van der Waals surface area contributed by atoms with Crippen LogP contribution in [0.15, 0.2) is 23.0 Å². The Morgan fingerprint density at radius 2 is 2.19 bits per heavy atom. The van der Waals surface area contributed by atoms with Crippen molar-refractivity contribution in [2.75, 3.05) is 13.6 Å². The van der Waals surface area contributed by atoms with E-state index in [0.29, 0.717) is 18.5 Å². The number of furan rings is 1. The van der Waals surface area contributed by atoms with Gasteiger partial charge in [0.05, 0.1) is 11.8 Å². The Hall–Kier alpha value is -2.31. The number of hydrogen-bond acceptors (Lipinski definition) is 4. The smallest absolute Gasteiger partial charge is 0.255 e. The zero-order chi connectivity index (χ0) is 15.4. The largest absolute Gasteiger partial charge is 0.472 e. The molecule has 0 radical (unpaired) electrons. The lowest BCUT2D eigenvalue weighted by atomic mass is 10.2. The van der Waals surface area contributed by atoms with Gasteiger partial charge in [-0.3, -0.25) is 14.4 Å². The van der Waals surface area contributed by atoms with E-state index >= 15 is 0 Å². The van der Waals surface area contributed by atoms with Crippen molar-refractivity contribution in [3.05, 3.63) is 24.2 Å². The van der Waals surface area contributed by atoms with E-state index in [0.717, 1.165) is 6.42 Å². The van der Waals surface area contributed by atoms with Crippen molar-refractivity contribution in [3.8, 4) is 0 Å². The summed E-state index contributed by atoms with van der Waals surface area (Å²) >= 11 is 0. The van der Waals surface area contributed by atoms with E-state index in [9.17, 15) is 14.4 Å². The van der Waals surface area contributed by atoms with E-state index in [-0.39, 0.29) is 17.7 Å². The Kier molecular flexibility index (Phi) is 4.62. The molecule has 1 unspecified atom stereocenters. The molecule has 1 aromatic rings. The fraction of sp³-hybridized carbons (Fsp3) is 0.500. The van der Waals surface area contributed by atoms with Crippen molar-refractivity contribution in [2.24, 2.45) is 0 Å². The van der Waals surface area contributed by atoms with Crippen molar-refractivity contribution < 1.29 is 18.8 Å². The van der Waals surface area contributed by atoms with Gasteiger partial charge in [-0.05, 0) is 25.8 Å². The number of rotatable bonds is 4. The molecule has 1 aliphatic rings. The predicted molar refractivity (Wildman–Crippen MR) is 74.4 cm³/mol. The van der Waals surface area contributed by atoms with Crippen LogP contribution < -0.4 is 10.6 Å². The summed E-state index contributed by atoms with van der Waals surface area (Å²) in [6, 6.07) is 0.379. The van der Waals surface area contributed by atoms with Crippen LogP contribution in [0.2, 0.25) is 0 Å². The molecule has 0 aromatic carbocycles. The highest BCUT2D eigenvalue weighted by Gasteiger charge is 2.35. The quantitative estimate of drug-likeness (QED) is 0.825. The summed E-state index contributed by atoms with van der Waals surface area (Å²) in [6.45, 7) is 2.14. The maximum atomic E-state index is 12.4. The molecule has 1 aromatic heterocycles. The van der Waals surface area contributed by atoms with Crippen LogP contribution in [0.3, 0.4) is 0 Å². The van der Waals surface area contributed by atoms with Crippen molar-refractivity contribution in [3.63, 3.8) is 0 Å². The van der Waals surface area contributed by atoms with Gasteiger partial charge in [0.2, 0.25) is 11.8 Å². The van der Waals surface area contributed by atoms with Gasteiger partial charge in [0, 0.05) is 13.6 Å². The van der Waals surface area contributed by atoms with Crippen LogP contribution in [-0.2, 0) is 9.59 Å². The second kappa shape index (κ2) is 6.43. The number of nitrogens with zero attached hydrogens (tertiary/aromatic N) is 1. The minimum Gasteiger partial charge on any atom is -0.472 e. The first-order chi connectivity index (χ1) is 10.0. The summed E-state index contributed by atoms with van der Waals surface area (Å²) in [4.78, 5) is 37.6. The molecule has 1 fully saturated rings. The zero-order valence-electron chi connectivity index (χ0n) is 12.1. The van der Waals surface area contributed by atoms with Crippen LogP contribution in [-0.4, -0.2) is 48.3 Å². The summed E-state index contributed by atoms with van der Waals surface area (Å²) in [5, 5.41) is 5.18. The second-order valence-corrected chi connectivity index (χ2v) is 5.01. The molecule has 0 aliphatic carbocycles. The van der Waals surface area contributed by atoms with Crippen LogP contribution in [0.25, 0.3) is 0 Å². The highest BCUT2D eigenvalue weighted by Crippen LogP contribution is 2.18. The zero-order valence-corrected chi connectivity index (χ0v) is 12.1. The minimum absolute atomic E-state index is 0.172. The van der Waals surface area contributed by atoms with Crippen molar-refractivity contribution in [1.29, 1.82) is 0 Å². The Morgan fingerprint density at radius 1 is 1.43 bits per heavy atom. The standard InChI is InChI=1S/C14H19N3O4/c1-9(16-12(18)10-5-7-21-8-10)14(20)17-6-3-4-11(17)13(19)15-2/h5,7-9,11H,3-4,6H2,1-2H3,(H,15,19)(H,16,18)/t9?,11-/m1/s1. The van der Waals surface area contributed by atoms with Gasteiger partial charge < -0.3 is 20.0 Å². The second-order valence-electron chi connectivity index (χ2n) is 5.01. The molecular weight excluding hydrogens is 274 g/mol. The molecule has 21 heavy (non-hydrogen) atoms. The van der Waals surface area contributed by atoms with E-state index in [2.05, 4.69) is 10.6 Å². The summed E-state index contributed by atoms with van der Waals surface area (Å²) in [5.41, 5.74) is 0.360. The van der Waals surface area contributed by atoms with E-state index < -0.39 is 12.1 Å². The summed E-state index contributed by atoms with van der Waals surface area (Å²) in [5.74, 6) is -0.799. The lowest BCUT2D eigenvalue weighted by Crippen LogP contribution is -2.52. The Morgan fingerprint density at radius 3 is 2.81 bits per heavy atom. The van der Waals surface area contributed by atoms with Crippen LogP contribution >= 0.6 is 0 Å². The van der Waals surface area contributed by atoms with Gasteiger partial charge in [0.25, 0.3) is 5.91 Å². The fourth-order valence-electron chi connectivity index (χ4n) is 2.45. The highest BCUT2D eigenvalue weighted by atomic mass is 16.3. The first kappa shape index (κ1) is 15.1. The first-order valence-electron chi connectivity index (χ1n) is 6.89. The number of nitrogens with one attached hydrogen (secondary N) is 2. The van der Waals surface area contributed by atoms with Gasteiger partial charge in [0.1, 0.15) is 18.3 Å². The molecule has 2 heterocycles. The number of amides is 3. The molecule has 2 N–H and O–H groups in total. The fourth-order valence-corrected chi connectivity index (χ4v) is 2.45. The normalized spacial score (nSPS) is 19.1. The third-order valence-electron chi connectivity index (χ3n) is 3.59. The van der Waals surface area contributed by atoms with E-state index in [1.807, 2.05) is 0 Å². The molecule has 1 aliphatic heterocycles. The Bertz CT molecular complexity index is 526. The van der Waals surface area contributed by atoms with Gasteiger partial charge in [-0.15, -0.1) is 0 Å². The molecule has 0 bridgehead atoms. The molecule has 0 spiro atoms. The molecule has 2 atom stereocenters. The molecule has 114 valence electrons. The molecule has 1 saturated heterocycles. The summed E-state index contributed by atoms with van der Waals surface area (Å²) in [6.07, 6.45) is 4.14. The van der Waals surface area contributed by atoms with Gasteiger partial charge in [-0.25, -0.2) is 0 Å². The number of likely N-dealkylation sites (tertiary alicyclic amines) is 1. The molecule has 3 amide bonds. The van der Waals surface area contributed by atoms with E-state index in [4.69, 9.17) is 4.42 Å². The lowest BCUT2D eigenvalue weighted by molar-refractivity contribution is -0.139. The molecule has 2 rings (SSSR count). The van der Waals surface area contributed by atoms with Gasteiger partial charge in [-0.2, -0.15) is 0 Å². The van der Waals surface area contributed by atoms with Crippen molar-refractivity contribution in [2.45, 2.75) is 31.8 Å². The highest BCUT2D eigenvalue weighted by molar-refractivity contribution is 5.98. The van der Waals surface area contributed by atoms with Crippen molar-refractivity contribution in [1.82, 2.24) is 15.5 Å². The van der Waals surface area contributed by atoms with Gasteiger partial charge in [-0.1, -0.05) is 0 Å². The maximum Gasteiger partial charge on any atom is 0.255 e. The lowest BCUT2D eigenvalue weighted by Gasteiger charge is -2.26. The first-order valence-corrected chi connectivity index (χ1v) is 6.89. The number of carbonyl (C=O) groups excluding carboxylic acids is 3. The predicted octanol–water partition coefficient (Wildman–Crippen LogP) is 0.135. The molecule has 7 nitrogen and oxygen atoms in total. The minimum atomic E-state index is -0.697. The van der Waals surface area contributed by atoms with Crippen LogP contribution in [0.5, 0.6) is 0 Å². The van der Waals surface area contributed by atoms with Gasteiger partial charge >= 0.3 is 0 Å². The van der Waals surface area contributed by atoms with Gasteiger partial charge in [0.15, 0.2) is 0 Å². The third kappa shape index (κ3) is 3.24. The van der Waals surface area contributed by atoms with Crippen LogP contribution in [0, 0.1) is 0 Å².